The van der Waals surface area contributed by atoms with Gasteiger partial charge in [-0.3, -0.25) is 14.4 Å². The van der Waals surface area contributed by atoms with Crippen LogP contribution in [0.4, 0.5) is 11.4 Å². The van der Waals surface area contributed by atoms with Crippen LogP contribution in [-0.2, 0) is 14.4 Å². The molecule has 1 aromatic rings. The Bertz CT molecular complexity index is 454. The Balaban J connectivity index is 2.50. The molecule has 2 amide bonds. The second-order valence-electron chi connectivity index (χ2n) is 3.70. The van der Waals surface area contributed by atoms with Gasteiger partial charge in [-0.25, -0.2) is 0 Å². The molecule has 3 N–H and O–H groups in total. The van der Waals surface area contributed by atoms with Crippen molar-refractivity contribution in [1.82, 2.24) is 0 Å². The van der Waals surface area contributed by atoms with Gasteiger partial charge in [-0.2, -0.15) is 0 Å². The first-order valence-corrected chi connectivity index (χ1v) is 5.36. The fourth-order valence-electron chi connectivity index (χ4n) is 1.28. The number of anilines is 2. The maximum absolute atomic E-state index is 11.3. The molecule has 0 fully saturated rings. The molecule has 0 atom stereocenters. The molecule has 0 radical (unpaired) electrons. The Hall–Kier alpha value is -2.37. The highest BCUT2D eigenvalue weighted by atomic mass is 16.4. The van der Waals surface area contributed by atoms with Gasteiger partial charge in [-0.05, 0) is 24.3 Å². The van der Waals surface area contributed by atoms with E-state index in [4.69, 9.17) is 5.11 Å². The van der Waals surface area contributed by atoms with Gasteiger partial charge in [0, 0.05) is 24.7 Å². The number of hydrogen-bond donors (Lipinski definition) is 3. The number of carboxylic acid groups (broad SMARTS) is 1. The highest BCUT2D eigenvalue weighted by molar-refractivity contribution is 5.93. The van der Waals surface area contributed by atoms with E-state index >= 15 is 0 Å². The predicted octanol–water partition coefficient (Wildman–Crippen LogP) is 1.45. The van der Waals surface area contributed by atoms with Gasteiger partial charge in [0.05, 0.1) is 6.42 Å². The maximum atomic E-state index is 11.3. The second-order valence-corrected chi connectivity index (χ2v) is 3.70. The van der Waals surface area contributed by atoms with E-state index < -0.39 is 5.97 Å². The molecule has 1 aromatic carbocycles. The van der Waals surface area contributed by atoms with Crippen molar-refractivity contribution in [3.8, 4) is 0 Å². The van der Waals surface area contributed by atoms with Crippen LogP contribution >= 0.6 is 0 Å². The van der Waals surface area contributed by atoms with Crippen molar-refractivity contribution in [3.63, 3.8) is 0 Å². The molecule has 1 rings (SSSR count). The first kappa shape index (κ1) is 13.7. The van der Waals surface area contributed by atoms with Crippen LogP contribution in [0, 0.1) is 0 Å². The molecule has 6 heteroatoms. The molecule has 18 heavy (non-hydrogen) atoms. The van der Waals surface area contributed by atoms with Gasteiger partial charge >= 0.3 is 5.97 Å². The highest BCUT2D eigenvalue weighted by Gasteiger charge is 2.05. The normalized spacial score (nSPS) is 9.61. The van der Waals surface area contributed by atoms with E-state index in [9.17, 15) is 14.4 Å². The maximum Gasteiger partial charge on any atom is 0.303 e. The number of hydrogen-bond acceptors (Lipinski definition) is 3. The lowest BCUT2D eigenvalue weighted by molar-refractivity contribution is -0.138. The Morgan fingerprint density at radius 2 is 1.50 bits per heavy atom. The topological polar surface area (TPSA) is 95.5 Å². The van der Waals surface area contributed by atoms with Crippen LogP contribution in [0.25, 0.3) is 0 Å². The molecule has 0 aliphatic rings. The van der Waals surface area contributed by atoms with Crippen molar-refractivity contribution >= 4 is 29.2 Å². The van der Waals surface area contributed by atoms with E-state index in [1.54, 1.807) is 24.3 Å². The van der Waals surface area contributed by atoms with Crippen molar-refractivity contribution in [2.24, 2.45) is 0 Å². The summed E-state index contributed by atoms with van der Waals surface area (Å²) in [6.07, 6.45) is -0.265. The van der Waals surface area contributed by atoms with Crippen molar-refractivity contribution in [2.75, 3.05) is 10.6 Å². The zero-order chi connectivity index (χ0) is 13.5. The minimum absolute atomic E-state index is 0.0667. The summed E-state index contributed by atoms with van der Waals surface area (Å²) < 4.78 is 0. The smallest absolute Gasteiger partial charge is 0.303 e. The molecule has 96 valence electrons. The van der Waals surface area contributed by atoms with E-state index in [2.05, 4.69) is 10.6 Å². The SMILES string of the molecule is CC(=O)Nc1ccc(NC(=O)CCC(=O)O)cc1. The Morgan fingerprint density at radius 3 is 1.94 bits per heavy atom. The predicted molar refractivity (Wildman–Crippen MR) is 66.2 cm³/mol. The fourth-order valence-corrected chi connectivity index (χ4v) is 1.28. The van der Waals surface area contributed by atoms with E-state index in [0.717, 1.165) is 0 Å². The minimum atomic E-state index is -1.01. The van der Waals surface area contributed by atoms with Crippen LogP contribution in [0.1, 0.15) is 19.8 Å². The molecule has 6 nitrogen and oxygen atoms in total. The van der Waals surface area contributed by atoms with Gasteiger partial charge in [-0.15, -0.1) is 0 Å². The van der Waals surface area contributed by atoms with Crippen molar-refractivity contribution in [3.05, 3.63) is 24.3 Å². The summed E-state index contributed by atoms with van der Waals surface area (Å²) in [5, 5.41) is 13.6. The number of benzene rings is 1. The Morgan fingerprint density at radius 1 is 1.00 bits per heavy atom. The lowest BCUT2D eigenvalue weighted by Gasteiger charge is -2.06. The molecule has 0 saturated heterocycles. The monoisotopic (exact) mass is 250 g/mol. The average Bonchev–Trinajstić information content (AvgIpc) is 2.28. The van der Waals surface area contributed by atoms with Crippen molar-refractivity contribution in [1.29, 1.82) is 0 Å². The van der Waals surface area contributed by atoms with Crippen LogP contribution in [0.2, 0.25) is 0 Å². The lowest BCUT2D eigenvalue weighted by atomic mass is 10.2. The van der Waals surface area contributed by atoms with Crippen LogP contribution < -0.4 is 10.6 Å². The van der Waals surface area contributed by atoms with Crippen LogP contribution in [0.3, 0.4) is 0 Å². The zero-order valence-corrected chi connectivity index (χ0v) is 9.90. The summed E-state index contributed by atoms with van der Waals surface area (Å²) in [6.45, 7) is 1.40. The first-order chi connectivity index (χ1) is 8.47. The largest absolute Gasteiger partial charge is 0.481 e. The number of rotatable bonds is 5. The van der Waals surface area contributed by atoms with Crippen molar-refractivity contribution in [2.45, 2.75) is 19.8 Å². The summed E-state index contributed by atoms with van der Waals surface area (Å²) in [7, 11) is 0. The zero-order valence-electron chi connectivity index (χ0n) is 9.90. The molecule has 0 aliphatic carbocycles. The molecule has 0 spiro atoms. The number of carbonyl (C=O) groups excluding carboxylic acids is 2. The quantitative estimate of drug-likeness (QED) is 0.737. The molecule has 0 heterocycles. The first-order valence-electron chi connectivity index (χ1n) is 5.36. The second kappa shape index (κ2) is 6.39. The van der Waals surface area contributed by atoms with Gasteiger partial charge in [0.2, 0.25) is 11.8 Å². The third kappa shape index (κ3) is 5.11. The standard InChI is InChI=1S/C12H14N2O4/c1-8(15)13-9-2-4-10(5-3-9)14-11(16)6-7-12(17)18/h2-5H,6-7H2,1H3,(H,13,15)(H,14,16)(H,17,18). The van der Waals surface area contributed by atoms with Crippen molar-refractivity contribution < 1.29 is 19.5 Å². The summed E-state index contributed by atoms with van der Waals surface area (Å²) in [5.74, 6) is -1.54. The summed E-state index contributed by atoms with van der Waals surface area (Å²) >= 11 is 0. The molecular weight excluding hydrogens is 236 g/mol. The van der Waals surface area contributed by atoms with E-state index in [0.29, 0.717) is 11.4 Å². The molecule has 0 unspecified atom stereocenters. The highest BCUT2D eigenvalue weighted by Crippen LogP contribution is 2.13. The van der Waals surface area contributed by atoms with Gasteiger partial charge < -0.3 is 15.7 Å². The van der Waals surface area contributed by atoms with Crippen LogP contribution in [0.15, 0.2) is 24.3 Å². The Labute approximate surface area is 104 Å². The third-order valence-corrected chi connectivity index (χ3v) is 2.05. The number of nitrogens with one attached hydrogen (secondary N) is 2. The van der Waals surface area contributed by atoms with Crippen LogP contribution in [0.5, 0.6) is 0 Å². The number of carbonyl (C=O) groups is 3. The Kier molecular flexibility index (Phi) is 4.86. The third-order valence-electron chi connectivity index (χ3n) is 2.05. The fraction of sp³-hybridized carbons (Fsp3) is 0.250. The van der Waals surface area contributed by atoms with Gasteiger partial charge in [-0.1, -0.05) is 0 Å². The lowest BCUT2D eigenvalue weighted by Crippen LogP contribution is -2.13. The minimum Gasteiger partial charge on any atom is -0.481 e. The number of carboxylic acids is 1. The molecule has 0 bridgehead atoms. The molecule has 0 saturated carbocycles. The van der Waals surface area contributed by atoms with E-state index in [1.807, 2.05) is 0 Å². The molecule has 0 aliphatic heterocycles. The summed E-state index contributed by atoms with van der Waals surface area (Å²) in [6, 6.07) is 6.55. The van der Waals surface area contributed by atoms with E-state index in [1.165, 1.54) is 6.92 Å². The molecular formula is C12H14N2O4. The summed E-state index contributed by atoms with van der Waals surface area (Å²) in [5.41, 5.74) is 1.19. The molecule has 0 aromatic heterocycles. The van der Waals surface area contributed by atoms with Gasteiger partial charge in [0.25, 0.3) is 0 Å². The van der Waals surface area contributed by atoms with E-state index in [-0.39, 0.29) is 24.7 Å². The number of aliphatic carboxylic acids is 1. The summed E-state index contributed by atoms with van der Waals surface area (Å²) in [4.78, 5) is 32.4. The van der Waals surface area contributed by atoms with Crippen LogP contribution in [-0.4, -0.2) is 22.9 Å². The van der Waals surface area contributed by atoms with Gasteiger partial charge in [0.15, 0.2) is 0 Å². The number of amides is 2. The van der Waals surface area contributed by atoms with Gasteiger partial charge in [0.1, 0.15) is 0 Å². The average molecular weight is 250 g/mol.